The standard InChI is InChI=1S/C18H18N2O2/c1-12-6-3-4-8-15(12)18(22)20-11-10-14-7-5-9-16(17(14)20)19-13(2)21/h3-9H,10-11H2,1-2H3,(H,19,21). The van der Waals surface area contributed by atoms with Crippen molar-refractivity contribution < 1.29 is 9.59 Å². The van der Waals surface area contributed by atoms with Gasteiger partial charge in [-0.3, -0.25) is 9.59 Å². The molecule has 112 valence electrons. The number of benzene rings is 2. The lowest BCUT2D eigenvalue weighted by Gasteiger charge is -2.21. The Morgan fingerprint density at radius 3 is 2.59 bits per heavy atom. The molecule has 0 aliphatic carbocycles. The van der Waals surface area contributed by atoms with E-state index < -0.39 is 0 Å². The minimum Gasteiger partial charge on any atom is -0.325 e. The van der Waals surface area contributed by atoms with Crippen molar-refractivity contribution in [2.24, 2.45) is 0 Å². The quantitative estimate of drug-likeness (QED) is 0.925. The number of rotatable bonds is 2. The van der Waals surface area contributed by atoms with Gasteiger partial charge in [-0.2, -0.15) is 0 Å². The number of carbonyl (C=O) groups excluding carboxylic acids is 2. The Morgan fingerprint density at radius 2 is 1.86 bits per heavy atom. The summed E-state index contributed by atoms with van der Waals surface area (Å²) < 4.78 is 0. The van der Waals surface area contributed by atoms with Crippen molar-refractivity contribution >= 4 is 23.2 Å². The Labute approximate surface area is 129 Å². The van der Waals surface area contributed by atoms with E-state index in [1.165, 1.54) is 6.92 Å². The van der Waals surface area contributed by atoms with Gasteiger partial charge in [0.25, 0.3) is 5.91 Å². The number of hydrogen-bond donors (Lipinski definition) is 1. The van der Waals surface area contributed by atoms with E-state index >= 15 is 0 Å². The molecule has 2 aromatic rings. The van der Waals surface area contributed by atoms with Crippen molar-refractivity contribution in [2.75, 3.05) is 16.8 Å². The largest absolute Gasteiger partial charge is 0.325 e. The first kappa shape index (κ1) is 14.3. The second-order valence-electron chi connectivity index (χ2n) is 5.52. The molecule has 0 spiro atoms. The number of carbonyl (C=O) groups is 2. The van der Waals surface area contributed by atoms with E-state index in [1.54, 1.807) is 4.90 Å². The van der Waals surface area contributed by atoms with Crippen LogP contribution in [0.4, 0.5) is 11.4 Å². The molecular formula is C18H18N2O2. The number of hydrogen-bond acceptors (Lipinski definition) is 2. The average molecular weight is 294 g/mol. The van der Waals surface area contributed by atoms with E-state index in [9.17, 15) is 9.59 Å². The van der Waals surface area contributed by atoms with Crippen molar-refractivity contribution in [1.82, 2.24) is 0 Å². The third-order valence-corrected chi connectivity index (χ3v) is 3.93. The second kappa shape index (κ2) is 5.64. The van der Waals surface area contributed by atoms with Crippen molar-refractivity contribution in [3.8, 4) is 0 Å². The van der Waals surface area contributed by atoms with Crippen molar-refractivity contribution in [2.45, 2.75) is 20.3 Å². The maximum Gasteiger partial charge on any atom is 0.258 e. The van der Waals surface area contributed by atoms with Crippen LogP contribution in [0.15, 0.2) is 42.5 Å². The molecule has 22 heavy (non-hydrogen) atoms. The lowest BCUT2D eigenvalue weighted by molar-refractivity contribution is -0.114. The molecule has 0 saturated heterocycles. The SMILES string of the molecule is CC(=O)Nc1cccc2c1N(C(=O)c1ccccc1C)CC2. The van der Waals surface area contributed by atoms with Gasteiger partial charge in [0.2, 0.25) is 5.91 Å². The molecule has 0 bridgehead atoms. The first-order chi connectivity index (χ1) is 10.6. The summed E-state index contributed by atoms with van der Waals surface area (Å²) in [5.41, 5.74) is 4.27. The topological polar surface area (TPSA) is 49.4 Å². The van der Waals surface area contributed by atoms with E-state index in [4.69, 9.17) is 0 Å². The maximum absolute atomic E-state index is 12.9. The van der Waals surface area contributed by atoms with Gasteiger partial charge in [0.15, 0.2) is 0 Å². The fourth-order valence-corrected chi connectivity index (χ4v) is 2.91. The maximum atomic E-state index is 12.9. The zero-order chi connectivity index (χ0) is 15.7. The molecule has 0 unspecified atom stereocenters. The second-order valence-corrected chi connectivity index (χ2v) is 5.52. The Kier molecular flexibility index (Phi) is 3.67. The molecule has 1 heterocycles. The van der Waals surface area contributed by atoms with Gasteiger partial charge in [-0.15, -0.1) is 0 Å². The first-order valence-corrected chi connectivity index (χ1v) is 7.35. The van der Waals surface area contributed by atoms with Crippen LogP contribution >= 0.6 is 0 Å². The molecule has 0 atom stereocenters. The Morgan fingerprint density at radius 1 is 1.09 bits per heavy atom. The highest BCUT2D eigenvalue weighted by Crippen LogP contribution is 2.36. The number of fused-ring (bicyclic) bond motifs is 1. The number of nitrogens with zero attached hydrogens (tertiary/aromatic N) is 1. The molecule has 0 radical (unpaired) electrons. The highest BCUT2D eigenvalue weighted by atomic mass is 16.2. The van der Waals surface area contributed by atoms with Gasteiger partial charge in [-0.25, -0.2) is 0 Å². The molecule has 1 aliphatic rings. The summed E-state index contributed by atoms with van der Waals surface area (Å²) in [5.74, 6) is -0.154. The third-order valence-electron chi connectivity index (χ3n) is 3.93. The van der Waals surface area contributed by atoms with Crippen LogP contribution in [-0.4, -0.2) is 18.4 Å². The first-order valence-electron chi connectivity index (χ1n) is 7.35. The van der Waals surface area contributed by atoms with Gasteiger partial charge >= 0.3 is 0 Å². The van der Waals surface area contributed by atoms with Crippen molar-refractivity contribution in [1.29, 1.82) is 0 Å². The fraction of sp³-hybridized carbons (Fsp3) is 0.222. The molecule has 1 N–H and O–H groups in total. The van der Waals surface area contributed by atoms with E-state index in [0.29, 0.717) is 17.8 Å². The fourth-order valence-electron chi connectivity index (χ4n) is 2.91. The molecule has 0 fully saturated rings. The monoisotopic (exact) mass is 294 g/mol. The summed E-state index contributed by atoms with van der Waals surface area (Å²) in [6.07, 6.45) is 0.806. The third kappa shape index (κ3) is 2.48. The van der Waals surface area contributed by atoms with Crippen LogP contribution in [0, 0.1) is 6.92 Å². The summed E-state index contributed by atoms with van der Waals surface area (Å²) in [6, 6.07) is 13.3. The van der Waals surface area contributed by atoms with Crippen LogP contribution in [0.2, 0.25) is 0 Å². The van der Waals surface area contributed by atoms with Crippen molar-refractivity contribution in [3.05, 3.63) is 59.2 Å². The zero-order valence-corrected chi connectivity index (χ0v) is 12.7. The molecule has 3 rings (SSSR count). The van der Waals surface area contributed by atoms with Crippen LogP contribution < -0.4 is 10.2 Å². The molecular weight excluding hydrogens is 276 g/mol. The van der Waals surface area contributed by atoms with Gasteiger partial charge in [-0.05, 0) is 36.6 Å². The van der Waals surface area contributed by atoms with Crippen molar-refractivity contribution in [3.63, 3.8) is 0 Å². The summed E-state index contributed by atoms with van der Waals surface area (Å²) in [5, 5.41) is 2.82. The van der Waals surface area contributed by atoms with E-state index in [1.807, 2.05) is 49.4 Å². The predicted octanol–water partition coefficient (Wildman–Crippen LogP) is 3.16. The van der Waals surface area contributed by atoms with Gasteiger partial charge in [-0.1, -0.05) is 30.3 Å². The highest BCUT2D eigenvalue weighted by molar-refractivity contribution is 6.11. The molecule has 2 amide bonds. The van der Waals surface area contributed by atoms with Crippen LogP contribution in [-0.2, 0) is 11.2 Å². The average Bonchev–Trinajstić information content (AvgIpc) is 2.91. The summed E-state index contributed by atoms with van der Waals surface area (Å²) in [4.78, 5) is 26.0. The van der Waals surface area contributed by atoms with E-state index in [0.717, 1.165) is 23.2 Å². The molecule has 0 saturated carbocycles. The van der Waals surface area contributed by atoms with Crippen LogP contribution in [0.3, 0.4) is 0 Å². The Hall–Kier alpha value is -2.62. The summed E-state index contributed by atoms with van der Waals surface area (Å²) in [7, 11) is 0. The number of nitrogens with one attached hydrogen (secondary N) is 1. The summed E-state index contributed by atoms with van der Waals surface area (Å²) >= 11 is 0. The van der Waals surface area contributed by atoms with Crippen LogP contribution in [0.25, 0.3) is 0 Å². The van der Waals surface area contributed by atoms with Gasteiger partial charge in [0.05, 0.1) is 11.4 Å². The van der Waals surface area contributed by atoms with E-state index in [2.05, 4.69) is 5.32 Å². The normalized spacial score (nSPS) is 12.9. The molecule has 4 heteroatoms. The molecule has 1 aliphatic heterocycles. The molecule has 2 aromatic carbocycles. The Balaban J connectivity index is 2.02. The highest BCUT2D eigenvalue weighted by Gasteiger charge is 2.28. The van der Waals surface area contributed by atoms with E-state index in [-0.39, 0.29) is 11.8 Å². The molecule has 4 nitrogen and oxygen atoms in total. The predicted molar refractivity (Wildman–Crippen MR) is 87.3 cm³/mol. The van der Waals surface area contributed by atoms with Gasteiger partial charge in [0, 0.05) is 19.0 Å². The summed E-state index contributed by atoms with van der Waals surface area (Å²) in [6.45, 7) is 4.05. The molecule has 0 aromatic heterocycles. The van der Waals surface area contributed by atoms with Crippen LogP contribution in [0.5, 0.6) is 0 Å². The number of anilines is 2. The van der Waals surface area contributed by atoms with Gasteiger partial charge in [0.1, 0.15) is 0 Å². The number of para-hydroxylation sites is 1. The number of aryl methyl sites for hydroxylation is 1. The minimum atomic E-state index is -0.136. The smallest absolute Gasteiger partial charge is 0.258 e. The Bertz CT molecular complexity index is 753. The lowest BCUT2D eigenvalue weighted by Crippen LogP contribution is -2.30. The minimum absolute atomic E-state index is 0.0188. The van der Waals surface area contributed by atoms with Crippen LogP contribution in [0.1, 0.15) is 28.4 Å². The van der Waals surface area contributed by atoms with Gasteiger partial charge < -0.3 is 10.2 Å². The lowest BCUT2D eigenvalue weighted by atomic mass is 10.1. The zero-order valence-electron chi connectivity index (χ0n) is 12.7. The number of amides is 2.